The molecule has 1 heterocycles. The third kappa shape index (κ3) is 3.04. The number of benzene rings is 1. The molecule has 4 nitrogen and oxygen atoms in total. The molecule has 0 amide bonds. The lowest BCUT2D eigenvalue weighted by Crippen LogP contribution is -1.94. The van der Waals surface area contributed by atoms with E-state index in [1.807, 2.05) is 35.1 Å². The van der Waals surface area contributed by atoms with Gasteiger partial charge in [-0.25, -0.2) is 0 Å². The standard InChI is InChI=1S/C9H10N4S.2ClH/c1-14-9-12-11-6-13(9)8-4-2-7(10)3-5-8;;/h2-6H,10H2,1H3;2*1H. The molecule has 0 aliphatic carbocycles. The van der Waals surface area contributed by atoms with Crippen LogP contribution in [0.1, 0.15) is 0 Å². The molecule has 7 heteroatoms. The Balaban J connectivity index is 0.00000112. The molecule has 88 valence electrons. The van der Waals surface area contributed by atoms with Crippen LogP contribution in [0.25, 0.3) is 5.69 Å². The topological polar surface area (TPSA) is 56.7 Å². The summed E-state index contributed by atoms with van der Waals surface area (Å²) >= 11 is 1.56. The number of nitrogens with two attached hydrogens (primary N) is 1. The predicted molar refractivity (Wildman–Crippen MR) is 72.0 cm³/mol. The van der Waals surface area contributed by atoms with Crippen LogP contribution in [0.15, 0.2) is 35.7 Å². The average molecular weight is 279 g/mol. The van der Waals surface area contributed by atoms with E-state index in [4.69, 9.17) is 5.73 Å². The second kappa shape index (κ2) is 6.62. The number of rotatable bonds is 2. The minimum Gasteiger partial charge on any atom is -0.399 e. The van der Waals surface area contributed by atoms with Crippen LogP contribution in [-0.2, 0) is 0 Å². The summed E-state index contributed by atoms with van der Waals surface area (Å²) in [5, 5.41) is 8.70. The van der Waals surface area contributed by atoms with Crippen LogP contribution in [0.5, 0.6) is 0 Å². The number of nitrogen functional groups attached to an aromatic ring is 1. The van der Waals surface area contributed by atoms with Gasteiger partial charge in [-0.2, -0.15) is 0 Å². The summed E-state index contributed by atoms with van der Waals surface area (Å²) in [6, 6.07) is 7.61. The lowest BCUT2D eigenvalue weighted by molar-refractivity contribution is 0.887. The van der Waals surface area contributed by atoms with Crippen molar-refractivity contribution >= 4 is 42.3 Å². The summed E-state index contributed by atoms with van der Waals surface area (Å²) in [6.45, 7) is 0. The molecular formula is C9H12Cl2N4S. The van der Waals surface area contributed by atoms with Gasteiger partial charge >= 0.3 is 0 Å². The number of hydrogen-bond donors (Lipinski definition) is 1. The Morgan fingerprint density at radius 3 is 2.38 bits per heavy atom. The maximum absolute atomic E-state index is 5.60. The maximum Gasteiger partial charge on any atom is 0.195 e. The summed E-state index contributed by atoms with van der Waals surface area (Å²) in [5.74, 6) is 0. The fourth-order valence-corrected chi connectivity index (χ4v) is 1.65. The third-order valence-corrected chi connectivity index (χ3v) is 2.51. The van der Waals surface area contributed by atoms with Crippen molar-refractivity contribution in [3.8, 4) is 5.69 Å². The van der Waals surface area contributed by atoms with Gasteiger partial charge in [-0.05, 0) is 30.5 Å². The van der Waals surface area contributed by atoms with Crippen molar-refractivity contribution < 1.29 is 0 Å². The average Bonchev–Trinajstić information content (AvgIpc) is 2.67. The quantitative estimate of drug-likeness (QED) is 0.677. The summed E-state index contributed by atoms with van der Waals surface area (Å²) < 4.78 is 1.92. The molecule has 0 atom stereocenters. The van der Waals surface area contributed by atoms with Gasteiger partial charge in [-0.3, -0.25) is 4.57 Å². The molecule has 0 aliphatic heterocycles. The highest BCUT2D eigenvalue weighted by Gasteiger charge is 2.03. The molecule has 0 fully saturated rings. The molecule has 0 spiro atoms. The molecular weight excluding hydrogens is 267 g/mol. The van der Waals surface area contributed by atoms with E-state index in [0.29, 0.717) is 0 Å². The van der Waals surface area contributed by atoms with Crippen molar-refractivity contribution in [3.63, 3.8) is 0 Å². The molecule has 1 aromatic heterocycles. The van der Waals surface area contributed by atoms with E-state index in [1.165, 1.54) is 0 Å². The van der Waals surface area contributed by atoms with Gasteiger partial charge in [-0.1, -0.05) is 11.8 Å². The van der Waals surface area contributed by atoms with Crippen molar-refractivity contribution in [2.75, 3.05) is 12.0 Å². The highest BCUT2D eigenvalue weighted by Crippen LogP contribution is 2.17. The fourth-order valence-electron chi connectivity index (χ4n) is 1.18. The zero-order chi connectivity index (χ0) is 9.97. The molecule has 2 rings (SSSR count). The summed E-state index contributed by atoms with van der Waals surface area (Å²) in [5.41, 5.74) is 7.38. The number of aromatic nitrogens is 3. The lowest BCUT2D eigenvalue weighted by Gasteiger charge is -2.04. The number of halogens is 2. The highest BCUT2D eigenvalue weighted by atomic mass is 35.5. The van der Waals surface area contributed by atoms with E-state index in [2.05, 4.69) is 10.2 Å². The lowest BCUT2D eigenvalue weighted by atomic mass is 10.3. The maximum atomic E-state index is 5.60. The van der Waals surface area contributed by atoms with Gasteiger partial charge in [0, 0.05) is 11.4 Å². The van der Waals surface area contributed by atoms with E-state index < -0.39 is 0 Å². The SMILES string of the molecule is CSc1nncn1-c1ccc(N)cc1.Cl.Cl. The molecule has 0 saturated carbocycles. The second-order valence-corrected chi connectivity index (χ2v) is 3.55. The predicted octanol–water partition coefficient (Wildman–Crippen LogP) is 2.42. The Morgan fingerprint density at radius 2 is 1.81 bits per heavy atom. The zero-order valence-electron chi connectivity index (χ0n) is 8.53. The summed E-state index contributed by atoms with van der Waals surface area (Å²) in [7, 11) is 0. The monoisotopic (exact) mass is 278 g/mol. The van der Waals surface area contributed by atoms with Crippen molar-refractivity contribution in [2.45, 2.75) is 5.16 Å². The van der Waals surface area contributed by atoms with E-state index in [1.54, 1.807) is 18.1 Å². The Bertz CT molecular complexity index is 429. The van der Waals surface area contributed by atoms with Crippen molar-refractivity contribution in [2.24, 2.45) is 0 Å². The minimum atomic E-state index is 0. The number of hydrogen-bond acceptors (Lipinski definition) is 4. The first kappa shape index (κ1) is 15.1. The largest absolute Gasteiger partial charge is 0.399 e. The van der Waals surface area contributed by atoms with Gasteiger partial charge in [0.15, 0.2) is 5.16 Å². The van der Waals surface area contributed by atoms with E-state index in [-0.39, 0.29) is 24.8 Å². The number of nitrogens with zero attached hydrogens (tertiary/aromatic N) is 3. The van der Waals surface area contributed by atoms with Crippen LogP contribution >= 0.6 is 36.6 Å². The van der Waals surface area contributed by atoms with Gasteiger partial charge in [-0.15, -0.1) is 35.0 Å². The zero-order valence-corrected chi connectivity index (χ0v) is 11.0. The normalized spacial score (nSPS) is 9.06. The fraction of sp³-hybridized carbons (Fsp3) is 0.111. The summed E-state index contributed by atoms with van der Waals surface area (Å²) in [4.78, 5) is 0. The van der Waals surface area contributed by atoms with Crippen molar-refractivity contribution in [1.29, 1.82) is 0 Å². The van der Waals surface area contributed by atoms with E-state index in [9.17, 15) is 0 Å². The first-order valence-electron chi connectivity index (χ1n) is 4.11. The van der Waals surface area contributed by atoms with Gasteiger partial charge in [0.05, 0.1) is 0 Å². The van der Waals surface area contributed by atoms with Gasteiger partial charge in [0.1, 0.15) is 6.33 Å². The number of anilines is 1. The van der Waals surface area contributed by atoms with E-state index in [0.717, 1.165) is 16.5 Å². The van der Waals surface area contributed by atoms with Crippen molar-refractivity contribution in [1.82, 2.24) is 14.8 Å². The number of thioether (sulfide) groups is 1. The van der Waals surface area contributed by atoms with Gasteiger partial charge in [0.25, 0.3) is 0 Å². The Labute approximate surface area is 110 Å². The molecule has 0 bridgehead atoms. The first-order valence-corrected chi connectivity index (χ1v) is 5.33. The van der Waals surface area contributed by atoms with E-state index >= 15 is 0 Å². The highest BCUT2D eigenvalue weighted by molar-refractivity contribution is 7.98. The van der Waals surface area contributed by atoms with Crippen LogP contribution in [0.2, 0.25) is 0 Å². The molecule has 2 aromatic rings. The minimum absolute atomic E-state index is 0. The van der Waals surface area contributed by atoms with Crippen LogP contribution in [0.4, 0.5) is 5.69 Å². The molecule has 0 saturated heterocycles. The van der Waals surface area contributed by atoms with Gasteiger partial charge < -0.3 is 5.73 Å². The smallest absolute Gasteiger partial charge is 0.195 e. The van der Waals surface area contributed by atoms with Crippen LogP contribution in [-0.4, -0.2) is 21.0 Å². The molecule has 0 aliphatic rings. The molecule has 2 N–H and O–H groups in total. The Kier molecular flexibility index (Phi) is 6.25. The molecule has 0 unspecified atom stereocenters. The Hall–Kier alpha value is -0.910. The Morgan fingerprint density at radius 1 is 1.19 bits per heavy atom. The van der Waals surface area contributed by atoms with Crippen LogP contribution < -0.4 is 5.73 Å². The third-order valence-electron chi connectivity index (χ3n) is 1.87. The second-order valence-electron chi connectivity index (χ2n) is 2.78. The first-order chi connectivity index (χ1) is 6.81. The van der Waals surface area contributed by atoms with Crippen molar-refractivity contribution in [3.05, 3.63) is 30.6 Å². The van der Waals surface area contributed by atoms with Crippen LogP contribution in [0.3, 0.4) is 0 Å². The molecule has 1 aromatic carbocycles. The summed E-state index contributed by atoms with van der Waals surface area (Å²) in [6.07, 6.45) is 3.66. The van der Waals surface area contributed by atoms with Crippen LogP contribution in [0, 0.1) is 0 Å². The van der Waals surface area contributed by atoms with Gasteiger partial charge in [0.2, 0.25) is 0 Å². The molecule has 16 heavy (non-hydrogen) atoms. The molecule has 0 radical (unpaired) electrons.